The van der Waals surface area contributed by atoms with Crippen molar-refractivity contribution in [1.82, 2.24) is 40.8 Å². The number of amides is 2. The fraction of sp³-hybridized carbons (Fsp3) is 0.444. The highest BCUT2D eigenvalue weighted by molar-refractivity contribution is 9.10. The van der Waals surface area contributed by atoms with Gasteiger partial charge in [-0.05, 0) is 94.8 Å². The molecule has 0 saturated carbocycles. The lowest BCUT2D eigenvalue weighted by atomic mass is 9.86. The monoisotopic (exact) mass is 895 g/mol. The molecular formula is C45H58BrN11O4. The van der Waals surface area contributed by atoms with Crippen LogP contribution in [0.25, 0.3) is 0 Å². The quantitative estimate of drug-likeness (QED) is 0.116. The van der Waals surface area contributed by atoms with E-state index in [1.54, 1.807) is 16.8 Å². The van der Waals surface area contributed by atoms with Crippen molar-refractivity contribution in [1.29, 1.82) is 0 Å². The van der Waals surface area contributed by atoms with Crippen LogP contribution in [-0.2, 0) is 17.9 Å². The molecule has 5 aromatic rings. The van der Waals surface area contributed by atoms with Gasteiger partial charge in [-0.1, -0.05) is 65.8 Å². The first-order valence-electron chi connectivity index (χ1n) is 20.8. The maximum Gasteiger partial charge on any atom is 0.288 e. The summed E-state index contributed by atoms with van der Waals surface area (Å²) in [6, 6.07) is 21.0. The first-order chi connectivity index (χ1) is 28.8. The SMILES string of the molecule is CC(C)(C)c1ccc(C(=O)NC2CCCN(c3cc(Br)c(=O)[nH]n3)C2)cc1.Cc1cc(Nc2cc(N3CCCC(NC(=O)c4ccc(C(C)(C)C)cc4)C3)n[nH]c2=O)nn1C. The first kappa shape index (κ1) is 44.8. The summed E-state index contributed by atoms with van der Waals surface area (Å²) in [6.07, 6.45) is 3.68. The molecule has 5 heterocycles. The van der Waals surface area contributed by atoms with Crippen molar-refractivity contribution >= 4 is 50.9 Å². The van der Waals surface area contributed by atoms with Crippen LogP contribution in [0.1, 0.15) is 105 Å². The van der Waals surface area contributed by atoms with E-state index in [-0.39, 0.29) is 45.8 Å². The Bertz CT molecular complexity index is 2410. The van der Waals surface area contributed by atoms with E-state index in [0.717, 1.165) is 44.5 Å². The molecule has 0 radical (unpaired) electrons. The van der Waals surface area contributed by atoms with Crippen LogP contribution in [0.2, 0.25) is 0 Å². The van der Waals surface area contributed by atoms with Crippen molar-refractivity contribution in [2.45, 2.75) is 97.1 Å². The van der Waals surface area contributed by atoms with Gasteiger partial charge in [0.15, 0.2) is 11.6 Å². The molecule has 0 bridgehead atoms. The largest absolute Gasteiger partial charge is 0.353 e. The molecule has 2 fully saturated rings. The van der Waals surface area contributed by atoms with Gasteiger partial charge in [0, 0.05) is 80.3 Å². The summed E-state index contributed by atoms with van der Waals surface area (Å²) in [5, 5.41) is 27.1. The summed E-state index contributed by atoms with van der Waals surface area (Å²) in [5.74, 6) is 1.83. The van der Waals surface area contributed by atoms with Crippen molar-refractivity contribution < 1.29 is 9.59 Å². The second kappa shape index (κ2) is 18.9. The third-order valence-electron chi connectivity index (χ3n) is 11.1. The topological polar surface area (TPSA) is 186 Å². The van der Waals surface area contributed by atoms with E-state index < -0.39 is 0 Å². The van der Waals surface area contributed by atoms with Gasteiger partial charge in [-0.15, -0.1) is 0 Å². The Kier molecular flexibility index (Phi) is 13.9. The zero-order chi connectivity index (χ0) is 44.1. The van der Waals surface area contributed by atoms with Gasteiger partial charge in [0.25, 0.3) is 22.9 Å². The number of aromatic nitrogens is 6. The molecule has 16 heteroatoms. The molecule has 0 spiro atoms. The number of piperidine rings is 2. The maximum atomic E-state index is 12.8. The summed E-state index contributed by atoms with van der Waals surface area (Å²) in [6.45, 7) is 17.8. The van der Waals surface area contributed by atoms with Crippen molar-refractivity contribution in [3.8, 4) is 0 Å². The van der Waals surface area contributed by atoms with Gasteiger partial charge in [-0.25, -0.2) is 10.2 Å². The van der Waals surface area contributed by atoms with E-state index in [2.05, 4.69) is 109 Å². The van der Waals surface area contributed by atoms with Gasteiger partial charge in [0.1, 0.15) is 11.5 Å². The Morgan fingerprint density at radius 3 is 1.59 bits per heavy atom. The number of H-pyrrole nitrogens is 2. The zero-order valence-electron chi connectivity index (χ0n) is 36.4. The number of hydrogen-bond acceptors (Lipinski definition) is 10. The Morgan fingerprint density at radius 2 is 1.16 bits per heavy atom. The third kappa shape index (κ3) is 11.7. The Morgan fingerprint density at radius 1 is 0.705 bits per heavy atom. The van der Waals surface area contributed by atoms with E-state index in [9.17, 15) is 19.2 Å². The lowest BCUT2D eigenvalue weighted by Gasteiger charge is -2.33. The molecule has 2 aliphatic rings. The Hall–Kier alpha value is -5.77. The predicted octanol–water partition coefficient (Wildman–Crippen LogP) is 6.48. The first-order valence-corrected chi connectivity index (χ1v) is 21.6. The fourth-order valence-corrected chi connectivity index (χ4v) is 7.62. The number of carbonyl (C=O) groups is 2. The molecular weight excluding hydrogens is 838 g/mol. The maximum absolute atomic E-state index is 12.8. The molecule has 2 aromatic carbocycles. The highest BCUT2D eigenvalue weighted by Gasteiger charge is 2.26. The van der Waals surface area contributed by atoms with E-state index >= 15 is 0 Å². The van der Waals surface area contributed by atoms with Crippen molar-refractivity contribution in [2.24, 2.45) is 7.05 Å². The smallest absolute Gasteiger partial charge is 0.288 e. The number of benzene rings is 2. The van der Waals surface area contributed by atoms with Crippen LogP contribution in [-0.4, -0.2) is 80.3 Å². The number of nitrogens with zero attached hydrogens (tertiary/aromatic N) is 6. The lowest BCUT2D eigenvalue weighted by Crippen LogP contribution is -2.48. The normalized spacial score (nSPS) is 16.9. The van der Waals surface area contributed by atoms with Crippen LogP contribution < -0.4 is 36.9 Å². The number of nitrogens with one attached hydrogen (secondary N) is 5. The van der Waals surface area contributed by atoms with Crippen molar-refractivity contribution in [3.63, 3.8) is 0 Å². The Labute approximate surface area is 365 Å². The average Bonchev–Trinajstić information content (AvgIpc) is 3.54. The van der Waals surface area contributed by atoms with Gasteiger partial charge in [0.05, 0.1) is 4.47 Å². The number of hydrogen-bond donors (Lipinski definition) is 5. The minimum atomic E-state index is -0.312. The minimum absolute atomic E-state index is 0.00730. The van der Waals surface area contributed by atoms with Crippen LogP contribution in [0.15, 0.2) is 80.8 Å². The Balaban J connectivity index is 0.000000210. The van der Waals surface area contributed by atoms with E-state index in [4.69, 9.17) is 0 Å². The van der Waals surface area contributed by atoms with Gasteiger partial charge in [-0.2, -0.15) is 15.3 Å². The molecule has 3 aromatic heterocycles. The minimum Gasteiger partial charge on any atom is -0.353 e. The molecule has 2 aliphatic heterocycles. The predicted molar refractivity (Wildman–Crippen MR) is 244 cm³/mol. The second-order valence-electron chi connectivity index (χ2n) is 18.0. The van der Waals surface area contributed by atoms with Crippen molar-refractivity contribution in [2.75, 3.05) is 41.3 Å². The van der Waals surface area contributed by atoms with Gasteiger partial charge in [-0.3, -0.25) is 23.9 Å². The summed E-state index contributed by atoms with van der Waals surface area (Å²) < 4.78 is 2.20. The second-order valence-corrected chi connectivity index (χ2v) is 18.8. The fourth-order valence-electron chi connectivity index (χ4n) is 7.33. The number of aromatic amines is 2. The molecule has 5 N–H and O–H groups in total. The molecule has 2 unspecified atom stereocenters. The van der Waals surface area contributed by atoms with Crippen LogP contribution >= 0.6 is 15.9 Å². The van der Waals surface area contributed by atoms with E-state index in [1.165, 1.54) is 11.1 Å². The molecule has 15 nitrogen and oxygen atoms in total. The molecule has 2 saturated heterocycles. The molecule has 324 valence electrons. The number of anilines is 4. The summed E-state index contributed by atoms with van der Waals surface area (Å²) in [4.78, 5) is 53.4. The van der Waals surface area contributed by atoms with Gasteiger partial charge < -0.3 is 25.8 Å². The van der Waals surface area contributed by atoms with Crippen molar-refractivity contribution in [3.05, 3.63) is 120 Å². The van der Waals surface area contributed by atoms with Crippen LogP contribution in [0.3, 0.4) is 0 Å². The summed E-state index contributed by atoms with van der Waals surface area (Å²) >= 11 is 3.24. The number of carbonyl (C=O) groups excluding carboxylic acids is 2. The highest BCUT2D eigenvalue weighted by atomic mass is 79.9. The van der Waals surface area contributed by atoms with Gasteiger partial charge in [0.2, 0.25) is 0 Å². The van der Waals surface area contributed by atoms with Crippen LogP contribution in [0, 0.1) is 6.92 Å². The lowest BCUT2D eigenvalue weighted by molar-refractivity contribution is 0.0924. The molecule has 0 aliphatic carbocycles. The van der Waals surface area contributed by atoms with Crippen LogP contribution in [0.4, 0.5) is 23.1 Å². The average molecular weight is 897 g/mol. The number of aryl methyl sites for hydroxylation is 2. The third-order valence-corrected chi connectivity index (χ3v) is 11.7. The molecule has 2 amide bonds. The van der Waals surface area contributed by atoms with E-state index in [0.29, 0.717) is 51.8 Å². The number of halogens is 1. The zero-order valence-corrected chi connectivity index (χ0v) is 37.9. The van der Waals surface area contributed by atoms with Crippen LogP contribution in [0.5, 0.6) is 0 Å². The molecule has 2 atom stereocenters. The summed E-state index contributed by atoms with van der Waals surface area (Å²) in [7, 11) is 1.85. The molecule has 7 rings (SSSR count). The molecule has 61 heavy (non-hydrogen) atoms. The van der Waals surface area contributed by atoms with Gasteiger partial charge >= 0.3 is 0 Å². The summed E-state index contributed by atoms with van der Waals surface area (Å²) in [5.41, 5.74) is 4.65. The standard InChI is InChI=1S/C25H33N7O2.C20H25BrN4O2/c1-16-13-21(30-31(16)5)27-20-14-22(28-29-24(20)34)32-12-6-7-19(15-32)26-23(33)17-8-10-18(11-9-17)25(2,3)4;1-20(2,3)14-8-6-13(7-9-14)18(26)22-15-5-4-10-25(12-15)17-11-16(21)19(27)24-23-17/h8-11,13-14,19H,6-7,12,15H2,1-5H3,(H,26,33)(H,29,34)(H,27,28,30);6-9,11,15H,4-5,10,12H2,1-3H3,(H,22,26)(H,24,27). The highest BCUT2D eigenvalue weighted by Crippen LogP contribution is 2.25. The number of rotatable bonds is 8. The van der Waals surface area contributed by atoms with E-state index in [1.807, 2.05) is 68.6 Å².